The Hall–Kier alpha value is -1.66. The number of carbonyl (C=O) groups is 1. The van der Waals surface area contributed by atoms with E-state index < -0.39 is 19.0 Å². The summed E-state index contributed by atoms with van der Waals surface area (Å²) in [6, 6.07) is 0. The second-order valence-electron chi connectivity index (χ2n) is 2.96. The third kappa shape index (κ3) is 2.42. The van der Waals surface area contributed by atoms with Crippen LogP contribution in [0.25, 0.3) is 0 Å². The predicted octanol–water partition coefficient (Wildman–Crippen LogP) is 0.733. The predicted molar refractivity (Wildman–Crippen MR) is 48.6 cm³/mol. The summed E-state index contributed by atoms with van der Waals surface area (Å²) in [4.78, 5) is 11.3. The summed E-state index contributed by atoms with van der Waals surface area (Å²) in [5.41, 5.74) is 6.14. The van der Waals surface area contributed by atoms with E-state index in [1.165, 1.54) is 11.7 Å². The summed E-state index contributed by atoms with van der Waals surface area (Å²) in [6.07, 6.45) is -2.69. The van der Waals surface area contributed by atoms with Crippen molar-refractivity contribution >= 4 is 11.7 Å². The molecule has 0 unspecified atom stereocenters. The molecule has 0 atom stereocenters. The number of aromatic nitrogens is 2. The zero-order valence-corrected chi connectivity index (χ0v) is 8.33. The van der Waals surface area contributed by atoms with Gasteiger partial charge in [0.1, 0.15) is 0 Å². The summed E-state index contributed by atoms with van der Waals surface area (Å²) in [5, 5.41) is 3.86. The Kier molecular flexibility index (Phi) is 3.23. The van der Waals surface area contributed by atoms with E-state index >= 15 is 0 Å². The van der Waals surface area contributed by atoms with Crippen LogP contribution in [-0.4, -0.2) is 28.8 Å². The standard InChI is InChI=1S/C8H11F2N3O2/c1-4-6(11)7(13(2)12-4)8(14)15-3-5(9)10/h5H,3,11H2,1-2H3. The molecule has 7 heteroatoms. The van der Waals surface area contributed by atoms with Crippen molar-refractivity contribution < 1.29 is 18.3 Å². The molecule has 0 aromatic carbocycles. The fourth-order valence-corrected chi connectivity index (χ4v) is 1.12. The second kappa shape index (κ2) is 4.24. The molecule has 0 aliphatic rings. The Labute approximate surface area is 84.8 Å². The summed E-state index contributed by atoms with van der Waals surface area (Å²) < 4.78 is 29.1. The Balaban J connectivity index is 2.82. The van der Waals surface area contributed by atoms with Crippen LogP contribution in [0.2, 0.25) is 0 Å². The summed E-state index contributed by atoms with van der Waals surface area (Å²) >= 11 is 0. The Morgan fingerprint density at radius 2 is 2.27 bits per heavy atom. The third-order valence-corrected chi connectivity index (χ3v) is 1.80. The average molecular weight is 219 g/mol. The van der Waals surface area contributed by atoms with Crippen molar-refractivity contribution in [2.45, 2.75) is 13.3 Å². The minimum atomic E-state index is -2.69. The first kappa shape index (κ1) is 11.4. The van der Waals surface area contributed by atoms with E-state index in [9.17, 15) is 13.6 Å². The molecule has 15 heavy (non-hydrogen) atoms. The first-order valence-electron chi connectivity index (χ1n) is 4.17. The third-order valence-electron chi connectivity index (χ3n) is 1.80. The SMILES string of the molecule is Cc1nn(C)c(C(=O)OCC(F)F)c1N. The van der Waals surface area contributed by atoms with Gasteiger partial charge in [0.15, 0.2) is 12.3 Å². The summed E-state index contributed by atoms with van der Waals surface area (Å²) in [6.45, 7) is 0.668. The number of hydrogen-bond donors (Lipinski definition) is 1. The number of nitrogens with two attached hydrogens (primary N) is 1. The molecular formula is C8H11F2N3O2. The lowest BCUT2D eigenvalue weighted by molar-refractivity contribution is 0.0151. The van der Waals surface area contributed by atoms with Gasteiger partial charge in [-0.05, 0) is 6.92 Å². The van der Waals surface area contributed by atoms with Crippen LogP contribution >= 0.6 is 0 Å². The van der Waals surface area contributed by atoms with Gasteiger partial charge in [-0.1, -0.05) is 0 Å². The first-order chi connectivity index (χ1) is 6.93. The van der Waals surface area contributed by atoms with Crippen LogP contribution in [-0.2, 0) is 11.8 Å². The highest BCUT2D eigenvalue weighted by Gasteiger charge is 2.20. The molecule has 5 nitrogen and oxygen atoms in total. The van der Waals surface area contributed by atoms with E-state index in [-0.39, 0.29) is 11.4 Å². The van der Waals surface area contributed by atoms with Crippen molar-refractivity contribution in [3.8, 4) is 0 Å². The molecule has 0 spiro atoms. The molecule has 2 N–H and O–H groups in total. The smallest absolute Gasteiger partial charge is 0.358 e. The molecule has 0 radical (unpaired) electrons. The highest BCUT2D eigenvalue weighted by atomic mass is 19.3. The van der Waals surface area contributed by atoms with Gasteiger partial charge >= 0.3 is 5.97 Å². The quantitative estimate of drug-likeness (QED) is 0.761. The lowest BCUT2D eigenvalue weighted by Crippen LogP contribution is -2.16. The molecule has 1 aromatic heterocycles. The molecule has 0 fully saturated rings. The number of alkyl halides is 2. The van der Waals surface area contributed by atoms with Crippen molar-refractivity contribution in [1.82, 2.24) is 9.78 Å². The maximum absolute atomic E-state index is 11.8. The van der Waals surface area contributed by atoms with Crippen LogP contribution in [0, 0.1) is 6.92 Å². The van der Waals surface area contributed by atoms with Crippen molar-refractivity contribution in [2.75, 3.05) is 12.3 Å². The number of aryl methyl sites for hydroxylation is 2. The number of nitrogens with zero attached hydrogens (tertiary/aromatic N) is 2. The van der Waals surface area contributed by atoms with Gasteiger partial charge in [0.05, 0.1) is 11.4 Å². The number of rotatable bonds is 3. The molecule has 1 heterocycles. The minimum Gasteiger partial charge on any atom is -0.455 e. The zero-order chi connectivity index (χ0) is 11.6. The van der Waals surface area contributed by atoms with Crippen LogP contribution < -0.4 is 5.73 Å². The minimum absolute atomic E-state index is 0.00634. The highest BCUT2D eigenvalue weighted by Crippen LogP contribution is 2.16. The summed E-state index contributed by atoms with van der Waals surface area (Å²) in [5.74, 6) is -0.893. The Bertz CT molecular complexity index is 376. The molecule has 1 rings (SSSR count). The fourth-order valence-electron chi connectivity index (χ4n) is 1.12. The monoisotopic (exact) mass is 219 g/mol. The number of anilines is 1. The van der Waals surface area contributed by atoms with Crippen LogP contribution in [0.4, 0.5) is 14.5 Å². The van der Waals surface area contributed by atoms with Gasteiger partial charge in [-0.25, -0.2) is 13.6 Å². The molecule has 0 aliphatic carbocycles. The lowest BCUT2D eigenvalue weighted by Gasteiger charge is -2.04. The van der Waals surface area contributed by atoms with Gasteiger partial charge in [-0.3, -0.25) is 4.68 Å². The van der Waals surface area contributed by atoms with Gasteiger partial charge in [0.25, 0.3) is 6.43 Å². The van der Waals surface area contributed by atoms with E-state index in [2.05, 4.69) is 9.84 Å². The number of hydrogen-bond acceptors (Lipinski definition) is 4. The van der Waals surface area contributed by atoms with Crippen LogP contribution in [0.1, 0.15) is 16.2 Å². The topological polar surface area (TPSA) is 70.1 Å². The molecule has 84 valence electrons. The van der Waals surface area contributed by atoms with Crippen molar-refractivity contribution in [3.63, 3.8) is 0 Å². The molecule has 1 aromatic rings. The number of esters is 1. The van der Waals surface area contributed by atoms with Crippen molar-refractivity contribution in [3.05, 3.63) is 11.4 Å². The number of ether oxygens (including phenoxy) is 1. The summed E-state index contributed by atoms with van der Waals surface area (Å²) in [7, 11) is 1.49. The zero-order valence-electron chi connectivity index (χ0n) is 8.33. The average Bonchev–Trinajstić information content (AvgIpc) is 2.37. The lowest BCUT2D eigenvalue weighted by atomic mass is 10.3. The molecule has 0 saturated heterocycles. The van der Waals surface area contributed by atoms with Gasteiger partial charge in [0.2, 0.25) is 0 Å². The maximum Gasteiger partial charge on any atom is 0.358 e. The van der Waals surface area contributed by atoms with E-state index in [4.69, 9.17) is 5.73 Å². The Morgan fingerprint density at radius 1 is 1.67 bits per heavy atom. The van der Waals surface area contributed by atoms with Crippen molar-refractivity contribution in [2.24, 2.45) is 7.05 Å². The largest absolute Gasteiger partial charge is 0.455 e. The second-order valence-corrected chi connectivity index (χ2v) is 2.96. The molecule has 0 aliphatic heterocycles. The Morgan fingerprint density at radius 3 is 2.67 bits per heavy atom. The maximum atomic E-state index is 11.8. The van der Waals surface area contributed by atoms with Crippen LogP contribution in [0.3, 0.4) is 0 Å². The molecule has 0 bridgehead atoms. The molecule has 0 saturated carbocycles. The van der Waals surface area contributed by atoms with E-state index in [1.54, 1.807) is 6.92 Å². The number of nitrogen functional groups attached to an aromatic ring is 1. The number of carbonyl (C=O) groups excluding carboxylic acids is 1. The molecular weight excluding hydrogens is 208 g/mol. The highest BCUT2D eigenvalue weighted by molar-refractivity contribution is 5.93. The van der Waals surface area contributed by atoms with E-state index in [1.807, 2.05) is 0 Å². The van der Waals surface area contributed by atoms with Gasteiger partial charge in [0, 0.05) is 7.05 Å². The number of halogens is 2. The van der Waals surface area contributed by atoms with Gasteiger partial charge in [-0.15, -0.1) is 0 Å². The van der Waals surface area contributed by atoms with E-state index in [0.29, 0.717) is 5.69 Å². The fraction of sp³-hybridized carbons (Fsp3) is 0.500. The van der Waals surface area contributed by atoms with Gasteiger partial charge < -0.3 is 10.5 Å². The van der Waals surface area contributed by atoms with E-state index in [0.717, 1.165) is 0 Å². The normalized spacial score (nSPS) is 10.7. The van der Waals surface area contributed by atoms with Crippen LogP contribution in [0.15, 0.2) is 0 Å². The van der Waals surface area contributed by atoms with Gasteiger partial charge in [-0.2, -0.15) is 5.10 Å². The molecule has 0 amide bonds. The van der Waals surface area contributed by atoms with Crippen molar-refractivity contribution in [1.29, 1.82) is 0 Å². The first-order valence-corrected chi connectivity index (χ1v) is 4.17. The van der Waals surface area contributed by atoms with Crippen LogP contribution in [0.5, 0.6) is 0 Å².